The van der Waals surface area contributed by atoms with E-state index in [1.165, 1.54) is 28.0 Å². The Kier molecular flexibility index (Phi) is 11.7. The van der Waals surface area contributed by atoms with Crippen LogP contribution < -0.4 is 20.3 Å². The molecule has 3 aliphatic rings. The summed E-state index contributed by atoms with van der Waals surface area (Å²) in [6.07, 6.45) is -2.33. The van der Waals surface area contributed by atoms with Gasteiger partial charge in [-0.05, 0) is 48.8 Å². The molecule has 4 N–H and O–H groups in total. The van der Waals surface area contributed by atoms with Gasteiger partial charge in [-0.15, -0.1) is 0 Å². The summed E-state index contributed by atoms with van der Waals surface area (Å²) in [5.74, 6) is 0.620. The predicted molar refractivity (Wildman–Crippen MR) is 168 cm³/mol. The molecule has 48 heavy (non-hydrogen) atoms. The van der Waals surface area contributed by atoms with Gasteiger partial charge >= 0.3 is 12.2 Å². The molecule has 2 aromatic rings. The van der Waals surface area contributed by atoms with Gasteiger partial charge in [-0.2, -0.15) is 4.31 Å². The average molecular weight is 694 g/mol. The summed E-state index contributed by atoms with van der Waals surface area (Å²) in [5, 5.41) is 23.2. The third kappa shape index (κ3) is 9.06. The lowest BCUT2D eigenvalue weighted by Crippen LogP contribution is -2.52. The number of aliphatic hydroxyl groups excluding tert-OH is 1. The molecule has 5 atom stereocenters. The van der Waals surface area contributed by atoms with Crippen molar-refractivity contribution < 1.29 is 56.7 Å². The molecule has 0 unspecified atom stereocenters. The van der Waals surface area contributed by atoms with Crippen molar-refractivity contribution in [1.82, 2.24) is 15.1 Å². The van der Waals surface area contributed by atoms with Crippen molar-refractivity contribution in [2.24, 2.45) is 11.3 Å². The molecule has 0 aliphatic carbocycles. The number of alkyl carbamates (subject to hydrolysis) is 1. The van der Waals surface area contributed by atoms with E-state index in [9.17, 15) is 23.1 Å². The monoisotopic (exact) mass is 693 g/mol. The molecule has 5 rings (SSSR count). The molecule has 2 amide bonds. The Morgan fingerprint density at radius 2 is 1.85 bits per heavy atom. The first-order valence-electron chi connectivity index (χ1n) is 15.8. The second-order valence-corrected chi connectivity index (χ2v) is 14.7. The molecule has 0 aromatic heterocycles. The number of rotatable bonds is 15. The fourth-order valence-electron chi connectivity index (χ4n) is 6.10. The van der Waals surface area contributed by atoms with Crippen molar-refractivity contribution in [2.45, 2.75) is 69.0 Å². The van der Waals surface area contributed by atoms with E-state index in [1.807, 2.05) is 44.2 Å². The zero-order chi connectivity index (χ0) is 34.3. The van der Waals surface area contributed by atoms with Gasteiger partial charge in [0.25, 0.3) is 0 Å². The Bertz CT molecular complexity index is 1510. The molecule has 2 aromatic carbocycles. The number of hydrogen-bond donors (Lipinski definition) is 4. The summed E-state index contributed by atoms with van der Waals surface area (Å²) in [5.41, 5.74) is 1.55. The van der Waals surface area contributed by atoms with E-state index >= 15 is 0 Å². The van der Waals surface area contributed by atoms with Gasteiger partial charge in [-0.3, -0.25) is 5.21 Å². The van der Waals surface area contributed by atoms with Crippen LogP contribution in [0.5, 0.6) is 11.5 Å². The van der Waals surface area contributed by atoms with Crippen LogP contribution in [0.25, 0.3) is 0 Å². The van der Waals surface area contributed by atoms with Crippen molar-refractivity contribution in [3.8, 4) is 11.5 Å². The van der Waals surface area contributed by atoms with Gasteiger partial charge in [0.05, 0.1) is 42.8 Å². The Hall–Kier alpha value is -3.67. The number of sulfonamides is 1. The fraction of sp³-hybridized carbons (Fsp3) is 0.562. The Morgan fingerprint density at radius 3 is 2.62 bits per heavy atom. The average Bonchev–Trinajstić information content (AvgIpc) is 3.81. The Morgan fingerprint density at radius 1 is 1.08 bits per heavy atom. The molecule has 2 fully saturated rings. The first kappa shape index (κ1) is 35.6. The quantitative estimate of drug-likeness (QED) is 0.121. The minimum Gasteiger partial charge on any atom is -0.454 e. The second kappa shape index (κ2) is 15.7. The van der Waals surface area contributed by atoms with Crippen LogP contribution in [0, 0.1) is 11.3 Å². The van der Waals surface area contributed by atoms with Gasteiger partial charge in [0.2, 0.25) is 16.8 Å². The van der Waals surface area contributed by atoms with Crippen LogP contribution in [-0.4, -0.2) is 99.5 Å². The molecule has 0 saturated carbocycles. The molecular weight excluding hydrogens is 650 g/mol. The van der Waals surface area contributed by atoms with Crippen LogP contribution in [0.15, 0.2) is 53.4 Å². The van der Waals surface area contributed by atoms with Crippen LogP contribution in [-0.2, 0) is 35.4 Å². The predicted octanol–water partition coefficient (Wildman–Crippen LogP) is 2.79. The molecule has 2 saturated heterocycles. The summed E-state index contributed by atoms with van der Waals surface area (Å²) >= 11 is 0. The van der Waals surface area contributed by atoms with Gasteiger partial charge in [0.1, 0.15) is 6.10 Å². The Balaban J connectivity index is 1.35. The lowest BCUT2D eigenvalue weighted by molar-refractivity contribution is -0.0907. The number of nitrogens with zero attached hydrogens (tertiary/aromatic N) is 1. The van der Waals surface area contributed by atoms with Crippen molar-refractivity contribution in [3.05, 3.63) is 54.1 Å². The highest BCUT2D eigenvalue weighted by atomic mass is 32.2. The van der Waals surface area contributed by atoms with Crippen LogP contribution in [0.4, 0.5) is 9.59 Å². The van der Waals surface area contributed by atoms with Crippen LogP contribution in [0.1, 0.15) is 38.7 Å². The molecule has 0 spiro atoms. The molecule has 0 bridgehead atoms. The standard InChI is InChI=1S/C32H43N3O12S/c1-32(2,12-6-13-43-31(38)34-39)19-35(48(40,41)22-9-10-26-27(16-22)46-20-45-26)17-25(36)24(15-21-7-4-3-5-8-21)33-30(37)47-28-18-44-29-23(28)11-14-42-29/h3-5,7-10,16,23-25,28-29,36,39H,6,11-15,17-20H2,1-2H3,(H,33,37)(H,34,38)/t23-,24-,25+,28-,29+/m0/s1. The highest BCUT2D eigenvalue weighted by Gasteiger charge is 2.44. The van der Waals surface area contributed by atoms with Gasteiger partial charge in [0, 0.05) is 19.2 Å². The number of carbonyl (C=O) groups is 2. The topological polar surface area (TPSA) is 191 Å². The molecule has 264 valence electrons. The molecule has 0 radical (unpaired) electrons. The van der Waals surface area contributed by atoms with Crippen molar-refractivity contribution in [3.63, 3.8) is 0 Å². The number of ether oxygens (including phenoxy) is 6. The number of benzene rings is 2. The van der Waals surface area contributed by atoms with Crippen molar-refractivity contribution in [2.75, 3.05) is 39.7 Å². The molecule has 3 aliphatic heterocycles. The zero-order valence-corrected chi connectivity index (χ0v) is 27.7. The summed E-state index contributed by atoms with van der Waals surface area (Å²) in [4.78, 5) is 24.4. The normalized spacial score (nSPS) is 21.4. The van der Waals surface area contributed by atoms with Gasteiger partial charge < -0.3 is 38.8 Å². The number of fused-ring (bicyclic) bond motifs is 2. The molecular formula is C32H43N3O12S. The minimum atomic E-state index is -4.23. The van der Waals surface area contributed by atoms with Gasteiger partial charge in [-0.25, -0.2) is 23.5 Å². The lowest BCUT2D eigenvalue weighted by atomic mass is 9.87. The van der Waals surface area contributed by atoms with Crippen molar-refractivity contribution in [1.29, 1.82) is 0 Å². The largest absolute Gasteiger partial charge is 0.454 e. The smallest absolute Gasteiger partial charge is 0.431 e. The maximum Gasteiger partial charge on any atom is 0.431 e. The zero-order valence-electron chi connectivity index (χ0n) is 26.9. The Labute approximate surface area is 279 Å². The van der Waals surface area contributed by atoms with Crippen LogP contribution in [0.3, 0.4) is 0 Å². The third-order valence-electron chi connectivity index (χ3n) is 8.61. The first-order valence-corrected chi connectivity index (χ1v) is 17.3. The molecule has 15 nitrogen and oxygen atoms in total. The lowest BCUT2D eigenvalue weighted by Gasteiger charge is -2.35. The molecule has 3 heterocycles. The molecule has 16 heteroatoms. The second-order valence-electron chi connectivity index (χ2n) is 12.8. The van der Waals surface area contributed by atoms with E-state index < -0.39 is 52.2 Å². The fourth-order valence-corrected chi connectivity index (χ4v) is 7.76. The number of carbonyl (C=O) groups excluding carboxylic acids is 2. The van der Waals surface area contributed by atoms with E-state index in [0.29, 0.717) is 31.6 Å². The maximum atomic E-state index is 14.2. The third-order valence-corrected chi connectivity index (χ3v) is 10.4. The van der Waals surface area contributed by atoms with E-state index in [4.69, 9.17) is 33.6 Å². The van der Waals surface area contributed by atoms with E-state index in [0.717, 1.165) is 5.56 Å². The van der Waals surface area contributed by atoms with E-state index in [2.05, 4.69) is 5.32 Å². The summed E-state index contributed by atoms with van der Waals surface area (Å²) < 4.78 is 62.1. The highest BCUT2D eigenvalue weighted by molar-refractivity contribution is 7.89. The SMILES string of the molecule is CC(C)(CCCOC(=O)NO)CN(C[C@@H](O)[C@H](Cc1ccccc1)NC(=O)O[C@H]1CO[C@H]2OCC[C@H]21)S(=O)(=O)c1ccc2c(c1)OCO2. The number of nitrogens with one attached hydrogen (secondary N) is 2. The number of amides is 2. The maximum absolute atomic E-state index is 14.2. The number of aliphatic hydroxyl groups is 1. The van der Waals surface area contributed by atoms with Gasteiger partial charge in [-0.1, -0.05) is 44.2 Å². The van der Waals surface area contributed by atoms with Crippen LogP contribution in [0.2, 0.25) is 0 Å². The van der Waals surface area contributed by atoms with E-state index in [1.54, 1.807) is 0 Å². The number of hydroxylamine groups is 1. The minimum absolute atomic E-state index is 0.00168. The summed E-state index contributed by atoms with van der Waals surface area (Å²) in [7, 11) is -4.23. The summed E-state index contributed by atoms with van der Waals surface area (Å²) in [6.45, 7) is 3.99. The van der Waals surface area contributed by atoms with Gasteiger partial charge in [0.15, 0.2) is 17.8 Å². The summed E-state index contributed by atoms with van der Waals surface area (Å²) in [6, 6.07) is 12.6. The highest BCUT2D eigenvalue weighted by Crippen LogP contribution is 2.36. The van der Waals surface area contributed by atoms with Crippen LogP contribution >= 0.6 is 0 Å². The van der Waals surface area contributed by atoms with Crippen molar-refractivity contribution >= 4 is 22.2 Å². The number of hydrogen-bond acceptors (Lipinski definition) is 12. The first-order chi connectivity index (χ1) is 22.9. The van der Waals surface area contributed by atoms with E-state index in [-0.39, 0.29) is 56.1 Å².